The lowest BCUT2D eigenvalue weighted by Crippen LogP contribution is -2.30. The predicted molar refractivity (Wildman–Crippen MR) is 151 cm³/mol. The van der Waals surface area contributed by atoms with Crippen LogP contribution in [0.25, 0.3) is 6.08 Å². The van der Waals surface area contributed by atoms with Crippen LogP contribution < -0.4 is 4.90 Å². The lowest BCUT2D eigenvalue weighted by Gasteiger charge is -2.27. The molecule has 37 heavy (non-hydrogen) atoms. The zero-order valence-electron chi connectivity index (χ0n) is 20.0. The lowest BCUT2D eigenvalue weighted by atomic mass is 9.96. The Morgan fingerprint density at radius 1 is 1.08 bits per heavy atom. The number of carboxylic acid groups (broad SMARTS) is 2. The highest BCUT2D eigenvalue weighted by Gasteiger charge is 2.42. The fraction of sp³-hybridized carbons (Fsp3) is 0.333. The van der Waals surface area contributed by atoms with Crippen molar-refractivity contribution in [2.24, 2.45) is 0 Å². The topological polar surface area (TPSA) is 98.2 Å². The van der Waals surface area contributed by atoms with E-state index < -0.39 is 11.9 Å². The molecule has 2 fully saturated rings. The summed E-state index contributed by atoms with van der Waals surface area (Å²) in [5, 5.41) is 17.8. The minimum atomic E-state index is -0.959. The van der Waals surface area contributed by atoms with Crippen molar-refractivity contribution in [3.8, 4) is 0 Å². The number of carbonyl (C=O) groups excluding carboxylic acids is 1. The molecule has 1 aliphatic carbocycles. The molecule has 1 amide bonds. The number of thiocarbonyl (C=S) groups is 1. The molecule has 192 valence electrons. The Morgan fingerprint density at radius 2 is 1.84 bits per heavy atom. The number of anilines is 2. The summed E-state index contributed by atoms with van der Waals surface area (Å²) >= 11 is 8.08. The summed E-state index contributed by atoms with van der Waals surface area (Å²) in [4.78, 5) is 39.9. The maximum absolute atomic E-state index is 12.8. The molecular formula is C27H26N2O5S3. The van der Waals surface area contributed by atoms with Crippen molar-refractivity contribution in [3.63, 3.8) is 0 Å². The molecule has 2 N–H and O–H groups in total. The average molecular weight is 555 g/mol. The summed E-state index contributed by atoms with van der Waals surface area (Å²) in [5.74, 6) is -1.00. The van der Waals surface area contributed by atoms with Crippen molar-refractivity contribution in [2.75, 3.05) is 17.2 Å². The van der Waals surface area contributed by atoms with Gasteiger partial charge in [0.1, 0.15) is 4.32 Å². The van der Waals surface area contributed by atoms with Crippen molar-refractivity contribution in [1.82, 2.24) is 4.90 Å². The van der Waals surface area contributed by atoms with Crippen molar-refractivity contribution in [3.05, 3.63) is 58.5 Å². The van der Waals surface area contributed by atoms with Crippen LogP contribution in [0.3, 0.4) is 0 Å². The van der Waals surface area contributed by atoms with Crippen molar-refractivity contribution < 1.29 is 24.6 Å². The Kier molecular flexibility index (Phi) is 7.60. The second kappa shape index (κ2) is 10.9. The van der Waals surface area contributed by atoms with Crippen LogP contribution in [0, 0.1) is 0 Å². The first-order valence-corrected chi connectivity index (χ1v) is 14.4. The van der Waals surface area contributed by atoms with Gasteiger partial charge in [-0.3, -0.25) is 19.3 Å². The Bertz CT molecular complexity index is 1290. The SMILES string of the molecule is O=C(O)CCSc1ccc(N2c3ccc(/C=C4\SC(=S)N(CCC(=O)O)C4=O)cc3C3CCCC32)cc1. The van der Waals surface area contributed by atoms with E-state index in [4.69, 9.17) is 22.4 Å². The van der Waals surface area contributed by atoms with E-state index in [1.54, 1.807) is 11.8 Å². The molecule has 2 aromatic carbocycles. The molecule has 7 nitrogen and oxygen atoms in total. The summed E-state index contributed by atoms with van der Waals surface area (Å²) in [5.41, 5.74) is 4.55. The van der Waals surface area contributed by atoms with E-state index in [2.05, 4.69) is 41.3 Å². The molecule has 0 spiro atoms. The molecule has 0 bridgehead atoms. The van der Waals surface area contributed by atoms with Crippen LogP contribution in [0.2, 0.25) is 0 Å². The standard InChI is InChI=1S/C27H26N2O5S3/c30-24(31)10-12-28-26(34)23(37-27(28)35)15-16-4-9-22-20(14-16)19-2-1-3-21(19)29(22)17-5-7-18(8-6-17)36-13-11-25(32)33/h4-9,14-15,19,21H,1-3,10-13H2,(H,30,31)(H,32,33)/b23-15-. The monoisotopic (exact) mass is 554 g/mol. The van der Waals surface area contributed by atoms with Crippen LogP contribution in [0.1, 0.15) is 49.1 Å². The molecule has 2 atom stereocenters. The third-order valence-electron chi connectivity index (χ3n) is 6.94. The molecule has 2 aromatic rings. The molecule has 10 heteroatoms. The van der Waals surface area contributed by atoms with E-state index in [1.807, 2.05) is 12.1 Å². The minimum absolute atomic E-state index is 0.0805. The Labute approximate surface area is 228 Å². The smallest absolute Gasteiger partial charge is 0.305 e. The van der Waals surface area contributed by atoms with Gasteiger partial charge in [0.2, 0.25) is 0 Å². The number of amides is 1. The van der Waals surface area contributed by atoms with Gasteiger partial charge in [-0.05, 0) is 66.4 Å². The maximum atomic E-state index is 12.8. The van der Waals surface area contributed by atoms with Gasteiger partial charge in [0.15, 0.2) is 0 Å². The highest BCUT2D eigenvalue weighted by atomic mass is 32.2. The van der Waals surface area contributed by atoms with E-state index in [0.717, 1.165) is 29.0 Å². The summed E-state index contributed by atoms with van der Waals surface area (Å²) in [6, 6.07) is 15.1. The molecule has 2 heterocycles. The average Bonchev–Trinajstić information content (AvgIpc) is 3.52. The number of nitrogens with zero attached hydrogens (tertiary/aromatic N) is 2. The van der Waals surface area contributed by atoms with Gasteiger partial charge in [0.25, 0.3) is 5.91 Å². The lowest BCUT2D eigenvalue weighted by molar-refractivity contribution is -0.138. The van der Waals surface area contributed by atoms with Crippen LogP contribution >= 0.6 is 35.7 Å². The summed E-state index contributed by atoms with van der Waals surface area (Å²) < 4.78 is 0.394. The van der Waals surface area contributed by atoms with E-state index in [0.29, 0.717) is 26.9 Å². The maximum Gasteiger partial charge on any atom is 0.305 e. The van der Waals surface area contributed by atoms with Gasteiger partial charge in [-0.1, -0.05) is 36.5 Å². The highest BCUT2D eigenvalue weighted by molar-refractivity contribution is 8.26. The first kappa shape index (κ1) is 25.8. The van der Waals surface area contributed by atoms with Gasteiger partial charge in [-0.25, -0.2) is 0 Å². The van der Waals surface area contributed by atoms with E-state index >= 15 is 0 Å². The Hall–Kier alpha value is -2.82. The number of hydrogen-bond donors (Lipinski definition) is 2. The number of hydrogen-bond acceptors (Lipinski definition) is 7. The van der Waals surface area contributed by atoms with Gasteiger partial charge >= 0.3 is 11.9 Å². The largest absolute Gasteiger partial charge is 0.481 e. The molecule has 2 aliphatic heterocycles. The Balaban J connectivity index is 1.37. The molecule has 3 aliphatic rings. The number of rotatable bonds is 9. The number of aliphatic carboxylic acids is 2. The minimum Gasteiger partial charge on any atom is -0.481 e. The zero-order valence-corrected chi connectivity index (χ0v) is 22.4. The zero-order chi connectivity index (χ0) is 26.1. The van der Waals surface area contributed by atoms with Gasteiger partial charge in [-0.2, -0.15) is 0 Å². The van der Waals surface area contributed by atoms with E-state index in [9.17, 15) is 14.4 Å². The van der Waals surface area contributed by atoms with Crippen LogP contribution in [-0.4, -0.2) is 55.6 Å². The quantitative estimate of drug-likeness (QED) is 0.229. The first-order valence-electron chi connectivity index (χ1n) is 12.2. The number of carbonyl (C=O) groups is 3. The van der Waals surface area contributed by atoms with E-state index in [-0.39, 0.29) is 25.3 Å². The third kappa shape index (κ3) is 5.42. The van der Waals surface area contributed by atoms with Crippen LogP contribution in [0.5, 0.6) is 0 Å². The molecular weight excluding hydrogens is 529 g/mol. The first-order chi connectivity index (χ1) is 17.8. The predicted octanol–water partition coefficient (Wildman–Crippen LogP) is 5.72. The molecule has 0 aromatic heterocycles. The van der Waals surface area contributed by atoms with Gasteiger partial charge in [0.05, 0.1) is 17.7 Å². The number of carboxylic acids is 2. The molecule has 1 saturated heterocycles. The number of benzene rings is 2. The number of thioether (sulfide) groups is 2. The van der Waals surface area contributed by atoms with Crippen LogP contribution in [-0.2, 0) is 14.4 Å². The van der Waals surface area contributed by atoms with Crippen molar-refractivity contribution in [2.45, 2.75) is 49.0 Å². The molecule has 5 rings (SSSR count). The van der Waals surface area contributed by atoms with E-state index in [1.165, 1.54) is 34.3 Å². The fourth-order valence-corrected chi connectivity index (χ4v) is 7.46. The van der Waals surface area contributed by atoms with Gasteiger partial charge < -0.3 is 15.1 Å². The number of fused-ring (bicyclic) bond motifs is 3. The molecule has 1 saturated carbocycles. The van der Waals surface area contributed by atoms with Crippen LogP contribution in [0.15, 0.2) is 52.3 Å². The highest BCUT2D eigenvalue weighted by Crippen LogP contribution is 2.52. The second-order valence-electron chi connectivity index (χ2n) is 9.26. The second-order valence-corrected chi connectivity index (χ2v) is 12.1. The normalized spacial score (nSPS) is 21.6. The fourth-order valence-electron chi connectivity index (χ4n) is 5.31. The summed E-state index contributed by atoms with van der Waals surface area (Å²) in [7, 11) is 0. The van der Waals surface area contributed by atoms with Crippen LogP contribution in [0.4, 0.5) is 11.4 Å². The summed E-state index contributed by atoms with van der Waals surface area (Å²) in [6.07, 6.45) is 5.27. The third-order valence-corrected chi connectivity index (χ3v) is 9.33. The van der Waals surface area contributed by atoms with Gasteiger partial charge in [0, 0.05) is 40.5 Å². The van der Waals surface area contributed by atoms with Gasteiger partial charge in [-0.15, -0.1) is 11.8 Å². The molecule has 2 unspecified atom stereocenters. The van der Waals surface area contributed by atoms with Crippen molar-refractivity contribution >= 4 is 75.4 Å². The molecule has 0 radical (unpaired) electrons. The Morgan fingerprint density at radius 3 is 2.57 bits per heavy atom. The van der Waals surface area contributed by atoms with Crippen molar-refractivity contribution in [1.29, 1.82) is 0 Å². The summed E-state index contributed by atoms with van der Waals surface area (Å²) in [6.45, 7) is 0.0805.